The molecule has 0 fully saturated rings. The molecule has 4 nitrogen and oxygen atoms in total. The number of para-hydroxylation sites is 1. The summed E-state index contributed by atoms with van der Waals surface area (Å²) >= 11 is 0. The van der Waals surface area contributed by atoms with Gasteiger partial charge in [0.1, 0.15) is 0 Å². The Hall–Kier alpha value is -2.49. The van der Waals surface area contributed by atoms with Gasteiger partial charge in [0.25, 0.3) is 0 Å². The van der Waals surface area contributed by atoms with Gasteiger partial charge < -0.3 is 14.8 Å². The number of benzene rings is 2. The minimum Gasteiger partial charge on any atom is -0.493 e. The summed E-state index contributed by atoms with van der Waals surface area (Å²) in [4.78, 5) is 12.4. The van der Waals surface area contributed by atoms with Gasteiger partial charge in [0.15, 0.2) is 11.5 Å². The van der Waals surface area contributed by atoms with Crippen molar-refractivity contribution in [2.24, 2.45) is 0 Å². The molecule has 2 rings (SSSR count). The maximum Gasteiger partial charge on any atom is 0.224 e. The second kappa shape index (κ2) is 8.56. The van der Waals surface area contributed by atoms with Crippen LogP contribution in [-0.2, 0) is 11.2 Å². The second-order valence-electron chi connectivity index (χ2n) is 6.43. The van der Waals surface area contributed by atoms with Crippen molar-refractivity contribution in [1.82, 2.24) is 0 Å². The van der Waals surface area contributed by atoms with E-state index >= 15 is 0 Å². The summed E-state index contributed by atoms with van der Waals surface area (Å²) < 4.78 is 10.6. The molecular weight excluding hydrogens is 314 g/mol. The van der Waals surface area contributed by atoms with Crippen molar-refractivity contribution in [3.63, 3.8) is 0 Å². The van der Waals surface area contributed by atoms with E-state index in [-0.39, 0.29) is 5.91 Å². The van der Waals surface area contributed by atoms with Crippen LogP contribution in [0, 0.1) is 6.92 Å². The van der Waals surface area contributed by atoms with Crippen LogP contribution >= 0.6 is 0 Å². The molecule has 0 radical (unpaired) electrons. The van der Waals surface area contributed by atoms with E-state index in [1.807, 2.05) is 37.3 Å². The Bertz CT molecular complexity index is 738. The third kappa shape index (κ3) is 4.75. The number of methoxy groups -OCH3 is 2. The molecule has 0 aliphatic heterocycles. The van der Waals surface area contributed by atoms with E-state index in [2.05, 4.69) is 25.2 Å². The highest BCUT2D eigenvalue weighted by molar-refractivity contribution is 5.92. The molecule has 0 saturated carbocycles. The third-order valence-electron chi connectivity index (χ3n) is 4.28. The van der Waals surface area contributed by atoms with Gasteiger partial charge >= 0.3 is 0 Å². The van der Waals surface area contributed by atoms with Gasteiger partial charge in [-0.2, -0.15) is 0 Å². The third-order valence-corrected chi connectivity index (χ3v) is 4.28. The number of anilines is 1. The zero-order valence-corrected chi connectivity index (χ0v) is 15.7. The van der Waals surface area contributed by atoms with Crippen LogP contribution in [0.4, 0.5) is 5.69 Å². The zero-order chi connectivity index (χ0) is 18.4. The number of hydrogen-bond acceptors (Lipinski definition) is 3. The van der Waals surface area contributed by atoms with E-state index < -0.39 is 0 Å². The fourth-order valence-electron chi connectivity index (χ4n) is 2.84. The highest BCUT2D eigenvalue weighted by Crippen LogP contribution is 2.29. The maximum atomic E-state index is 12.4. The lowest BCUT2D eigenvalue weighted by molar-refractivity contribution is -0.116. The highest BCUT2D eigenvalue weighted by atomic mass is 16.5. The number of hydrogen-bond donors (Lipinski definition) is 1. The van der Waals surface area contributed by atoms with E-state index in [4.69, 9.17) is 9.47 Å². The average Bonchev–Trinajstić information content (AvgIpc) is 2.61. The molecule has 2 aromatic carbocycles. The fourth-order valence-corrected chi connectivity index (χ4v) is 2.84. The Morgan fingerprint density at radius 1 is 1.08 bits per heavy atom. The molecule has 2 aromatic rings. The fraction of sp³-hybridized carbons (Fsp3) is 0.381. The predicted octanol–water partition coefficient (Wildman–Crippen LogP) is 4.71. The molecule has 134 valence electrons. The van der Waals surface area contributed by atoms with Crippen LogP contribution < -0.4 is 14.8 Å². The first-order valence-electron chi connectivity index (χ1n) is 8.56. The van der Waals surface area contributed by atoms with Gasteiger partial charge in [0.05, 0.1) is 14.2 Å². The molecule has 0 unspecified atom stereocenters. The number of amides is 1. The molecule has 0 saturated heterocycles. The van der Waals surface area contributed by atoms with Crippen LogP contribution in [0.25, 0.3) is 0 Å². The summed E-state index contributed by atoms with van der Waals surface area (Å²) in [5, 5.41) is 3.09. The first kappa shape index (κ1) is 18.8. The molecule has 0 aliphatic rings. The summed E-state index contributed by atoms with van der Waals surface area (Å²) in [6, 6.07) is 11.9. The second-order valence-corrected chi connectivity index (χ2v) is 6.43. The Morgan fingerprint density at radius 3 is 2.44 bits per heavy atom. The van der Waals surface area contributed by atoms with Crippen molar-refractivity contribution in [1.29, 1.82) is 0 Å². The van der Waals surface area contributed by atoms with E-state index in [1.165, 1.54) is 5.56 Å². The number of rotatable bonds is 7. The van der Waals surface area contributed by atoms with Gasteiger partial charge in [-0.25, -0.2) is 0 Å². The monoisotopic (exact) mass is 341 g/mol. The molecule has 1 N–H and O–H groups in total. The smallest absolute Gasteiger partial charge is 0.224 e. The standard InChI is InChI=1S/C21H27NO3/c1-14(2)17-8-6-7-15(3)21(17)22-20(23)12-10-16-9-11-18(24-4)19(13-16)25-5/h6-9,11,13-14H,10,12H2,1-5H3,(H,22,23). The minimum absolute atomic E-state index is 0.0194. The molecule has 1 amide bonds. The number of ether oxygens (including phenoxy) is 2. The maximum absolute atomic E-state index is 12.4. The van der Waals surface area contributed by atoms with Crippen LogP contribution in [0.5, 0.6) is 11.5 Å². The summed E-state index contributed by atoms with van der Waals surface area (Å²) in [6.45, 7) is 6.29. The number of carbonyl (C=O) groups excluding carboxylic acids is 1. The summed E-state index contributed by atoms with van der Waals surface area (Å²) in [5.74, 6) is 1.76. The van der Waals surface area contributed by atoms with Crippen LogP contribution in [0.2, 0.25) is 0 Å². The molecule has 4 heteroatoms. The molecular formula is C21H27NO3. The SMILES string of the molecule is COc1ccc(CCC(=O)Nc2c(C)cccc2C(C)C)cc1OC. The van der Waals surface area contributed by atoms with Crippen molar-refractivity contribution in [3.8, 4) is 11.5 Å². The lowest BCUT2D eigenvalue weighted by Crippen LogP contribution is -2.15. The van der Waals surface area contributed by atoms with E-state index in [9.17, 15) is 4.79 Å². The summed E-state index contributed by atoms with van der Waals surface area (Å²) in [6.07, 6.45) is 1.07. The first-order valence-corrected chi connectivity index (χ1v) is 8.56. The van der Waals surface area contributed by atoms with Crippen LogP contribution in [0.15, 0.2) is 36.4 Å². The Labute approximate surface area is 150 Å². The van der Waals surface area contributed by atoms with E-state index in [1.54, 1.807) is 14.2 Å². The van der Waals surface area contributed by atoms with Crippen molar-refractivity contribution in [2.75, 3.05) is 19.5 Å². The molecule has 0 atom stereocenters. The van der Waals surface area contributed by atoms with Gasteiger partial charge in [0.2, 0.25) is 5.91 Å². The largest absolute Gasteiger partial charge is 0.493 e. The number of carbonyl (C=O) groups is 1. The highest BCUT2D eigenvalue weighted by Gasteiger charge is 2.12. The molecule has 0 heterocycles. The van der Waals surface area contributed by atoms with Crippen molar-refractivity contribution >= 4 is 11.6 Å². The van der Waals surface area contributed by atoms with Gasteiger partial charge in [0, 0.05) is 12.1 Å². The lowest BCUT2D eigenvalue weighted by atomic mass is 9.98. The summed E-state index contributed by atoms with van der Waals surface area (Å²) in [5.41, 5.74) is 4.24. The molecule has 25 heavy (non-hydrogen) atoms. The van der Waals surface area contributed by atoms with Gasteiger partial charge in [-0.05, 0) is 48.1 Å². The van der Waals surface area contributed by atoms with Gasteiger partial charge in [-0.15, -0.1) is 0 Å². The Morgan fingerprint density at radius 2 is 1.80 bits per heavy atom. The van der Waals surface area contributed by atoms with E-state index in [0.717, 1.165) is 16.8 Å². The molecule has 0 spiro atoms. The lowest BCUT2D eigenvalue weighted by Gasteiger charge is -2.16. The molecule has 0 aliphatic carbocycles. The number of aryl methyl sites for hydroxylation is 2. The minimum atomic E-state index is 0.0194. The molecule has 0 aromatic heterocycles. The quantitative estimate of drug-likeness (QED) is 0.793. The van der Waals surface area contributed by atoms with Crippen molar-refractivity contribution in [3.05, 3.63) is 53.1 Å². The summed E-state index contributed by atoms with van der Waals surface area (Å²) in [7, 11) is 3.22. The topological polar surface area (TPSA) is 47.6 Å². The average molecular weight is 341 g/mol. The van der Waals surface area contributed by atoms with Gasteiger partial charge in [-0.1, -0.05) is 38.1 Å². The van der Waals surface area contributed by atoms with Crippen LogP contribution in [-0.4, -0.2) is 20.1 Å². The van der Waals surface area contributed by atoms with Gasteiger partial charge in [-0.3, -0.25) is 4.79 Å². The Kier molecular flexibility index (Phi) is 6.45. The van der Waals surface area contributed by atoms with Crippen molar-refractivity contribution < 1.29 is 14.3 Å². The van der Waals surface area contributed by atoms with Crippen LogP contribution in [0.3, 0.4) is 0 Å². The van der Waals surface area contributed by atoms with E-state index in [0.29, 0.717) is 30.3 Å². The normalized spacial score (nSPS) is 10.6. The van der Waals surface area contributed by atoms with Crippen molar-refractivity contribution in [2.45, 2.75) is 39.5 Å². The first-order chi connectivity index (χ1) is 12.0. The van der Waals surface area contributed by atoms with Crippen LogP contribution in [0.1, 0.15) is 42.9 Å². The molecule has 0 bridgehead atoms. The number of nitrogens with one attached hydrogen (secondary N) is 1. The Balaban J connectivity index is 2.05. The predicted molar refractivity (Wildman–Crippen MR) is 102 cm³/mol. The zero-order valence-electron chi connectivity index (χ0n) is 15.7.